The van der Waals surface area contributed by atoms with E-state index in [2.05, 4.69) is 28.4 Å². The van der Waals surface area contributed by atoms with Crippen molar-refractivity contribution in [3.8, 4) is 11.5 Å². The lowest BCUT2D eigenvalue weighted by Gasteiger charge is -2.23. The van der Waals surface area contributed by atoms with Crippen LogP contribution in [0.25, 0.3) is 0 Å². The summed E-state index contributed by atoms with van der Waals surface area (Å²) in [6.07, 6.45) is 2.74. The number of nitrogens with one attached hydrogen (secondary N) is 1. The summed E-state index contributed by atoms with van der Waals surface area (Å²) in [4.78, 5) is 4.66. The first-order valence-electron chi connectivity index (χ1n) is 9.70. The molecule has 154 valence electrons. The maximum absolute atomic E-state index is 10.4. The molecule has 1 saturated heterocycles. The van der Waals surface area contributed by atoms with Crippen LogP contribution in [-0.4, -0.2) is 93.1 Å². The third-order valence-corrected chi connectivity index (χ3v) is 5.36. The van der Waals surface area contributed by atoms with Gasteiger partial charge in [-0.3, -0.25) is 4.90 Å². The van der Waals surface area contributed by atoms with E-state index in [1.807, 2.05) is 30.0 Å². The summed E-state index contributed by atoms with van der Waals surface area (Å²) in [5.74, 6) is 2.49. The first kappa shape index (κ1) is 22.3. The molecule has 1 aliphatic rings. The number of rotatable bonds is 11. The van der Waals surface area contributed by atoms with Gasteiger partial charge in [0.2, 0.25) is 0 Å². The molecule has 0 saturated carbocycles. The van der Waals surface area contributed by atoms with Crippen LogP contribution in [-0.2, 0) is 6.54 Å². The average molecular weight is 398 g/mol. The molecule has 1 atom stereocenters. The number of aliphatic hydroxyl groups excluding tert-OH is 1. The predicted octanol–water partition coefficient (Wildman–Crippen LogP) is 1.53. The van der Waals surface area contributed by atoms with Crippen molar-refractivity contribution in [1.82, 2.24) is 15.1 Å². The SMILES string of the molecule is COc1ccc(CNCCSC)cc1OCC(O)CN1CCCN(C)CC1. The van der Waals surface area contributed by atoms with Crippen LogP contribution in [0.5, 0.6) is 11.5 Å². The first-order valence-corrected chi connectivity index (χ1v) is 11.1. The zero-order valence-corrected chi connectivity index (χ0v) is 17.8. The minimum atomic E-state index is -0.513. The fourth-order valence-electron chi connectivity index (χ4n) is 3.17. The second-order valence-electron chi connectivity index (χ2n) is 7.08. The van der Waals surface area contributed by atoms with Crippen LogP contribution < -0.4 is 14.8 Å². The third kappa shape index (κ3) is 8.27. The van der Waals surface area contributed by atoms with Crippen molar-refractivity contribution in [3.63, 3.8) is 0 Å². The topological polar surface area (TPSA) is 57.2 Å². The van der Waals surface area contributed by atoms with Gasteiger partial charge in [-0.1, -0.05) is 6.07 Å². The number of thioether (sulfide) groups is 1. The summed E-state index contributed by atoms with van der Waals surface area (Å²) in [6.45, 7) is 6.89. The number of hydrogen-bond acceptors (Lipinski definition) is 7. The van der Waals surface area contributed by atoms with Crippen molar-refractivity contribution >= 4 is 11.8 Å². The van der Waals surface area contributed by atoms with Crippen molar-refractivity contribution in [2.24, 2.45) is 0 Å². The molecule has 1 heterocycles. The number of aliphatic hydroxyl groups is 1. The van der Waals surface area contributed by atoms with Crippen LogP contribution in [0.1, 0.15) is 12.0 Å². The summed E-state index contributed by atoms with van der Waals surface area (Å²) in [5, 5.41) is 13.8. The van der Waals surface area contributed by atoms with E-state index in [0.29, 0.717) is 18.0 Å². The Labute approximate surface area is 168 Å². The maximum atomic E-state index is 10.4. The van der Waals surface area contributed by atoms with Crippen molar-refractivity contribution in [1.29, 1.82) is 0 Å². The smallest absolute Gasteiger partial charge is 0.161 e. The van der Waals surface area contributed by atoms with Gasteiger partial charge in [-0.05, 0) is 50.5 Å². The molecule has 2 rings (SSSR count). The van der Waals surface area contributed by atoms with Crippen molar-refractivity contribution in [2.75, 3.05) is 72.0 Å². The van der Waals surface area contributed by atoms with Gasteiger partial charge in [0.15, 0.2) is 11.5 Å². The van der Waals surface area contributed by atoms with E-state index in [1.165, 1.54) is 0 Å². The molecular weight excluding hydrogens is 362 g/mol. The summed E-state index contributed by atoms with van der Waals surface area (Å²) in [7, 11) is 3.79. The van der Waals surface area contributed by atoms with Crippen LogP contribution in [0.2, 0.25) is 0 Å². The Bertz CT molecular complexity index is 547. The number of β-amino-alcohol motifs (C(OH)–C–C–N with tert-alkyl or cyclic N) is 1. The summed E-state index contributed by atoms with van der Waals surface area (Å²) in [6, 6.07) is 5.97. The Morgan fingerprint density at radius 1 is 1.22 bits per heavy atom. The van der Waals surface area contributed by atoms with Gasteiger partial charge >= 0.3 is 0 Å². The molecule has 0 spiro atoms. The number of methoxy groups -OCH3 is 1. The lowest BCUT2D eigenvalue weighted by Crippen LogP contribution is -2.37. The van der Waals surface area contributed by atoms with Gasteiger partial charge in [-0.2, -0.15) is 11.8 Å². The van der Waals surface area contributed by atoms with Crippen molar-refractivity contribution < 1.29 is 14.6 Å². The lowest BCUT2D eigenvalue weighted by atomic mass is 10.2. The number of nitrogens with zero attached hydrogens (tertiary/aromatic N) is 2. The molecule has 7 heteroatoms. The van der Waals surface area contributed by atoms with Gasteiger partial charge in [-0.15, -0.1) is 0 Å². The van der Waals surface area contributed by atoms with Gasteiger partial charge in [0.1, 0.15) is 12.7 Å². The van der Waals surface area contributed by atoms with Crippen LogP contribution in [0, 0.1) is 0 Å². The second kappa shape index (κ2) is 12.5. The van der Waals surface area contributed by atoms with Crippen LogP contribution in [0.4, 0.5) is 0 Å². The minimum Gasteiger partial charge on any atom is -0.493 e. The van der Waals surface area contributed by atoms with Crippen LogP contribution in [0.3, 0.4) is 0 Å². The third-order valence-electron chi connectivity index (χ3n) is 4.75. The van der Waals surface area contributed by atoms with Gasteiger partial charge in [0.25, 0.3) is 0 Å². The second-order valence-corrected chi connectivity index (χ2v) is 8.06. The van der Waals surface area contributed by atoms with Gasteiger partial charge in [0.05, 0.1) is 7.11 Å². The van der Waals surface area contributed by atoms with Gasteiger partial charge in [-0.25, -0.2) is 0 Å². The first-order chi connectivity index (χ1) is 13.1. The van der Waals surface area contributed by atoms with E-state index < -0.39 is 6.10 Å². The molecule has 1 unspecified atom stereocenters. The number of ether oxygens (including phenoxy) is 2. The molecule has 6 nitrogen and oxygen atoms in total. The standard InChI is InChI=1S/C20H35N3O3S/c1-22-8-4-9-23(11-10-22)15-18(24)16-26-20-13-17(5-6-19(20)25-2)14-21-7-12-27-3/h5-6,13,18,21,24H,4,7-12,14-16H2,1-3H3. The summed E-state index contributed by atoms with van der Waals surface area (Å²) >= 11 is 1.83. The van der Waals surface area contributed by atoms with E-state index in [-0.39, 0.29) is 6.61 Å². The van der Waals surface area contributed by atoms with Gasteiger partial charge in [0, 0.05) is 38.5 Å². The molecule has 1 aromatic carbocycles. The van der Waals surface area contributed by atoms with E-state index >= 15 is 0 Å². The van der Waals surface area contributed by atoms with Gasteiger partial charge < -0.3 is 24.8 Å². The Morgan fingerprint density at radius 2 is 2.07 bits per heavy atom. The molecule has 1 aliphatic heterocycles. The molecule has 0 aliphatic carbocycles. The highest BCUT2D eigenvalue weighted by Gasteiger charge is 2.17. The van der Waals surface area contributed by atoms with E-state index in [1.54, 1.807) is 7.11 Å². The molecule has 1 fully saturated rings. The van der Waals surface area contributed by atoms with Crippen molar-refractivity contribution in [2.45, 2.75) is 19.1 Å². The number of likely N-dealkylation sites (N-methyl/N-ethyl adjacent to an activating group) is 1. The largest absolute Gasteiger partial charge is 0.493 e. The van der Waals surface area contributed by atoms with Crippen molar-refractivity contribution in [3.05, 3.63) is 23.8 Å². The molecule has 0 amide bonds. The highest BCUT2D eigenvalue weighted by Crippen LogP contribution is 2.28. The number of hydrogen-bond donors (Lipinski definition) is 2. The minimum absolute atomic E-state index is 0.270. The Balaban J connectivity index is 1.83. The maximum Gasteiger partial charge on any atom is 0.161 e. The normalized spacial score (nSPS) is 17.5. The highest BCUT2D eigenvalue weighted by atomic mass is 32.2. The molecule has 0 radical (unpaired) electrons. The molecular formula is C20H35N3O3S. The quantitative estimate of drug-likeness (QED) is 0.549. The monoisotopic (exact) mass is 397 g/mol. The summed E-state index contributed by atoms with van der Waals surface area (Å²) < 4.78 is 11.3. The Morgan fingerprint density at radius 3 is 2.85 bits per heavy atom. The predicted molar refractivity (Wildman–Crippen MR) is 113 cm³/mol. The molecule has 1 aromatic rings. The zero-order valence-electron chi connectivity index (χ0n) is 16.9. The van der Waals surface area contributed by atoms with E-state index in [9.17, 15) is 5.11 Å². The fourth-order valence-corrected chi connectivity index (χ4v) is 3.52. The lowest BCUT2D eigenvalue weighted by molar-refractivity contribution is 0.0685. The van der Waals surface area contributed by atoms with Crippen LogP contribution in [0.15, 0.2) is 18.2 Å². The molecule has 27 heavy (non-hydrogen) atoms. The fraction of sp³-hybridized carbons (Fsp3) is 0.700. The molecule has 2 N–H and O–H groups in total. The number of benzene rings is 1. The van der Waals surface area contributed by atoms with E-state index in [4.69, 9.17) is 9.47 Å². The van der Waals surface area contributed by atoms with Crippen LogP contribution >= 0.6 is 11.8 Å². The molecule has 0 aromatic heterocycles. The molecule has 0 bridgehead atoms. The Kier molecular flexibility index (Phi) is 10.3. The highest BCUT2D eigenvalue weighted by molar-refractivity contribution is 7.98. The Hall–Kier alpha value is -0.990. The van der Waals surface area contributed by atoms with E-state index in [0.717, 1.165) is 57.0 Å². The average Bonchev–Trinajstić information content (AvgIpc) is 2.88. The summed E-state index contributed by atoms with van der Waals surface area (Å²) in [5.41, 5.74) is 1.15. The zero-order chi connectivity index (χ0) is 19.5.